The number of morpholine rings is 1. The number of nitrogens with one attached hydrogen (secondary N) is 2. The summed E-state index contributed by atoms with van der Waals surface area (Å²) in [6.45, 7) is 5.92. The zero-order valence-corrected chi connectivity index (χ0v) is 20.0. The van der Waals surface area contributed by atoms with Crippen LogP contribution in [0.1, 0.15) is 17.5 Å². The lowest BCUT2D eigenvalue weighted by Crippen LogP contribution is -2.42. The molecule has 2 unspecified atom stereocenters. The summed E-state index contributed by atoms with van der Waals surface area (Å²) in [5, 5.41) is 7.57. The quantitative estimate of drug-likeness (QED) is 0.569. The minimum atomic E-state index is -0.329. The lowest BCUT2D eigenvalue weighted by atomic mass is 10.0. The standard InChI is InChI=1S/C27H31FN6O/c1-29-8-7-19-3-2-4-23(28)25(19)26-31-24-6-5-18(16-34-17-20-14-21(34)15-30-20)13-22(24)27(32-26)33-9-11-35-12-10-33/h2-8,13,20-21,29-30H,9-12,14-17H2,1H3/b8-7-. The van der Waals surface area contributed by atoms with Crippen LogP contribution in [0.5, 0.6) is 0 Å². The molecule has 35 heavy (non-hydrogen) atoms. The first-order valence-corrected chi connectivity index (χ1v) is 12.4. The van der Waals surface area contributed by atoms with Crippen molar-refractivity contribution >= 4 is 22.8 Å². The van der Waals surface area contributed by atoms with Crippen LogP contribution >= 0.6 is 0 Å². The fraction of sp³-hybridized carbons (Fsp3) is 0.407. The molecule has 0 saturated carbocycles. The van der Waals surface area contributed by atoms with E-state index in [0.717, 1.165) is 55.0 Å². The van der Waals surface area contributed by atoms with E-state index in [1.165, 1.54) is 18.1 Å². The fourth-order valence-corrected chi connectivity index (χ4v) is 5.55. The maximum Gasteiger partial charge on any atom is 0.165 e. The van der Waals surface area contributed by atoms with Crippen LogP contribution in [0.2, 0.25) is 0 Å². The highest BCUT2D eigenvalue weighted by Crippen LogP contribution is 2.33. The molecule has 0 spiro atoms. The number of aromatic nitrogens is 2. The lowest BCUT2D eigenvalue weighted by Gasteiger charge is -2.30. The van der Waals surface area contributed by atoms with Crippen molar-refractivity contribution in [3.8, 4) is 11.4 Å². The summed E-state index contributed by atoms with van der Waals surface area (Å²) >= 11 is 0. The summed E-state index contributed by atoms with van der Waals surface area (Å²) < 4.78 is 20.7. The minimum absolute atomic E-state index is 0.329. The molecule has 0 radical (unpaired) electrons. The number of likely N-dealkylation sites (tertiary alicyclic amines) is 1. The van der Waals surface area contributed by atoms with Gasteiger partial charge in [0.25, 0.3) is 0 Å². The van der Waals surface area contributed by atoms with Crippen molar-refractivity contribution in [3.63, 3.8) is 0 Å². The third-order valence-electron chi connectivity index (χ3n) is 7.31. The van der Waals surface area contributed by atoms with Crippen molar-refractivity contribution in [1.29, 1.82) is 0 Å². The molecule has 4 heterocycles. The van der Waals surface area contributed by atoms with E-state index in [4.69, 9.17) is 14.7 Å². The average molecular weight is 475 g/mol. The zero-order chi connectivity index (χ0) is 23.8. The Bertz CT molecular complexity index is 1260. The van der Waals surface area contributed by atoms with Gasteiger partial charge in [0.05, 0.1) is 24.3 Å². The highest BCUT2D eigenvalue weighted by molar-refractivity contribution is 5.92. The van der Waals surface area contributed by atoms with E-state index in [0.29, 0.717) is 36.7 Å². The molecule has 3 aliphatic rings. The number of hydrogen-bond donors (Lipinski definition) is 2. The topological polar surface area (TPSA) is 65.6 Å². The third kappa shape index (κ3) is 4.37. The van der Waals surface area contributed by atoms with Crippen molar-refractivity contribution in [2.24, 2.45) is 0 Å². The molecule has 182 valence electrons. The van der Waals surface area contributed by atoms with Crippen LogP contribution in [0, 0.1) is 5.82 Å². The second-order valence-electron chi connectivity index (χ2n) is 9.57. The SMILES string of the molecule is CN/C=C\c1cccc(F)c1-c1nc(N2CCOCC2)c2cc(CN3CC4CC3CN4)ccc2n1. The maximum absolute atomic E-state index is 15.1. The van der Waals surface area contributed by atoms with E-state index < -0.39 is 0 Å². The van der Waals surface area contributed by atoms with Gasteiger partial charge in [0.15, 0.2) is 5.82 Å². The fourth-order valence-electron chi connectivity index (χ4n) is 5.55. The van der Waals surface area contributed by atoms with Crippen LogP contribution in [0.25, 0.3) is 28.4 Å². The highest BCUT2D eigenvalue weighted by atomic mass is 19.1. The molecule has 8 heteroatoms. The van der Waals surface area contributed by atoms with Crippen LogP contribution < -0.4 is 15.5 Å². The number of piperazine rings is 1. The summed E-state index contributed by atoms with van der Waals surface area (Å²) in [5.41, 5.74) is 3.25. The Morgan fingerprint density at radius 2 is 2.09 bits per heavy atom. The summed E-state index contributed by atoms with van der Waals surface area (Å²) in [5.74, 6) is 0.930. The van der Waals surface area contributed by atoms with Crippen LogP contribution in [-0.4, -0.2) is 73.4 Å². The van der Waals surface area contributed by atoms with Crippen molar-refractivity contribution in [2.45, 2.75) is 25.0 Å². The second kappa shape index (κ2) is 9.53. The molecule has 3 fully saturated rings. The number of anilines is 1. The summed E-state index contributed by atoms with van der Waals surface area (Å²) in [4.78, 5) is 14.6. The average Bonchev–Trinajstić information content (AvgIpc) is 3.51. The molecule has 3 aromatic rings. The first-order valence-electron chi connectivity index (χ1n) is 12.4. The van der Waals surface area contributed by atoms with Gasteiger partial charge in [-0.25, -0.2) is 14.4 Å². The smallest absolute Gasteiger partial charge is 0.165 e. The van der Waals surface area contributed by atoms with Crippen molar-refractivity contribution in [3.05, 3.63) is 59.5 Å². The zero-order valence-electron chi connectivity index (χ0n) is 20.0. The monoisotopic (exact) mass is 474 g/mol. The van der Waals surface area contributed by atoms with Gasteiger partial charge in [-0.3, -0.25) is 4.90 Å². The van der Waals surface area contributed by atoms with E-state index in [9.17, 15) is 0 Å². The minimum Gasteiger partial charge on any atom is -0.394 e. The molecule has 7 nitrogen and oxygen atoms in total. The van der Waals surface area contributed by atoms with E-state index in [2.05, 4.69) is 38.6 Å². The first kappa shape index (κ1) is 22.4. The Kier molecular flexibility index (Phi) is 6.10. The van der Waals surface area contributed by atoms with Gasteiger partial charge >= 0.3 is 0 Å². The molecular weight excluding hydrogens is 443 g/mol. The summed E-state index contributed by atoms with van der Waals surface area (Å²) in [6, 6.07) is 12.8. The Balaban J connectivity index is 1.44. The number of ether oxygens (including phenoxy) is 1. The van der Waals surface area contributed by atoms with Gasteiger partial charge in [0, 0.05) is 57.2 Å². The van der Waals surface area contributed by atoms with Gasteiger partial charge in [-0.15, -0.1) is 0 Å². The molecule has 2 aromatic carbocycles. The normalized spacial score (nSPS) is 22.5. The van der Waals surface area contributed by atoms with Crippen LogP contribution in [0.15, 0.2) is 42.6 Å². The maximum atomic E-state index is 15.1. The molecule has 6 rings (SSSR count). The van der Waals surface area contributed by atoms with E-state index in [-0.39, 0.29) is 5.82 Å². The Morgan fingerprint density at radius 3 is 2.86 bits per heavy atom. The summed E-state index contributed by atoms with van der Waals surface area (Å²) in [7, 11) is 1.82. The molecule has 2 N–H and O–H groups in total. The van der Waals surface area contributed by atoms with Crippen molar-refractivity contribution in [1.82, 2.24) is 25.5 Å². The first-order chi connectivity index (χ1) is 17.2. The predicted octanol–water partition coefficient (Wildman–Crippen LogP) is 3.01. The Morgan fingerprint density at radius 1 is 1.20 bits per heavy atom. The molecule has 1 aromatic heterocycles. The largest absolute Gasteiger partial charge is 0.394 e. The number of rotatable bonds is 6. The van der Waals surface area contributed by atoms with Gasteiger partial charge in [-0.05, 0) is 48.0 Å². The van der Waals surface area contributed by atoms with Gasteiger partial charge in [-0.2, -0.15) is 0 Å². The summed E-state index contributed by atoms with van der Waals surface area (Å²) in [6.07, 6.45) is 4.88. The second-order valence-corrected chi connectivity index (χ2v) is 9.57. The van der Waals surface area contributed by atoms with Gasteiger partial charge < -0.3 is 20.3 Å². The number of halogens is 1. The van der Waals surface area contributed by atoms with Crippen LogP contribution in [0.4, 0.5) is 10.2 Å². The van der Waals surface area contributed by atoms with E-state index >= 15 is 4.39 Å². The lowest BCUT2D eigenvalue weighted by molar-refractivity contribution is 0.122. The molecule has 3 saturated heterocycles. The number of fused-ring (bicyclic) bond motifs is 3. The van der Waals surface area contributed by atoms with E-state index in [1.807, 2.05) is 19.2 Å². The van der Waals surface area contributed by atoms with Gasteiger partial charge in [0.1, 0.15) is 11.6 Å². The Hall–Kier alpha value is -3.07. The van der Waals surface area contributed by atoms with Gasteiger partial charge in [-0.1, -0.05) is 18.2 Å². The van der Waals surface area contributed by atoms with Crippen molar-refractivity contribution in [2.75, 3.05) is 51.3 Å². The van der Waals surface area contributed by atoms with E-state index in [1.54, 1.807) is 12.3 Å². The van der Waals surface area contributed by atoms with Crippen molar-refractivity contribution < 1.29 is 9.13 Å². The predicted molar refractivity (Wildman–Crippen MR) is 137 cm³/mol. The Labute approximate surface area is 205 Å². The van der Waals surface area contributed by atoms with Crippen LogP contribution in [-0.2, 0) is 11.3 Å². The number of benzene rings is 2. The number of nitrogens with zero attached hydrogens (tertiary/aromatic N) is 4. The number of hydrogen-bond acceptors (Lipinski definition) is 7. The van der Waals surface area contributed by atoms with Gasteiger partial charge in [0.2, 0.25) is 0 Å². The third-order valence-corrected chi connectivity index (χ3v) is 7.31. The molecule has 0 aliphatic carbocycles. The molecule has 2 atom stereocenters. The molecule has 2 bridgehead atoms. The van der Waals surface area contributed by atoms with Crippen LogP contribution in [0.3, 0.4) is 0 Å². The molecule has 0 amide bonds. The molecular formula is C27H31FN6O. The molecule has 3 aliphatic heterocycles. The highest BCUT2D eigenvalue weighted by Gasteiger charge is 2.37.